The first-order valence-corrected chi connectivity index (χ1v) is 6.64. The van der Waals surface area contributed by atoms with Crippen LogP contribution in [0, 0.1) is 0 Å². The number of aryl methyl sites for hydroxylation is 1. The molecule has 0 amide bonds. The topological polar surface area (TPSA) is 72.3 Å². The normalized spacial score (nSPS) is 11.0. The second-order valence-electron chi connectivity index (χ2n) is 4.71. The molecule has 0 saturated heterocycles. The minimum absolute atomic E-state index is 0.00833. The number of hydrogen-bond acceptors (Lipinski definition) is 5. The molecule has 2 aromatic heterocycles. The summed E-state index contributed by atoms with van der Waals surface area (Å²) in [5, 5.41) is 11.6. The lowest BCUT2D eigenvalue weighted by Gasteiger charge is -2.07. The van der Waals surface area contributed by atoms with Gasteiger partial charge in [-0.25, -0.2) is 9.78 Å². The van der Waals surface area contributed by atoms with Gasteiger partial charge in [0.1, 0.15) is 11.3 Å². The van der Waals surface area contributed by atoms with Crippen LogP contribution in [0.25, 0.3) is 21.8 Å². The summed E-state index contributed by atoms with van der Waals surface area (Å²) in [5.74, 6) is -0.596. The van der Waals surface area contributed by atoms with Gasteiger partial charge in [-0.05, 0) is 18.6 Å². The lowest BCUT2D eigenvalue weighted by molar-refractivity contribution is 0.0594. The average Bonchev–Trinajstić information content (AvgIpc) is 2.53. The lowest BCUT2D eigenvalue weighted by Crippen LogP contribution is -2.04. The summed E-state index contributed by atoms with van der Waals surface area (Å²) in [5.41, 5.74) is 2.18. The van der Waals surface area contributed by atoms with E-state index in [1.807, 2.05) is 25.1 Å². The van der Waals surface area contributed by atoms with Crippen molar-refractivity contribution in [1.82, 2.24) is 9.97 Å². The van der Waals surface area contributed by atoms with Crippen LogP contribution in [0.3, 0.4) is 0 Å². The molecule has 1 aromatic carbocycles. The summed E-state index contributed by atoms with van der Waals surface area (Å²) in [6, 6.07) is 8.88. The third-order valence-electron chi connectivity index (χ3n) is 3.43. The molecule has 0 fully saturated rings. The Morgan fingerprint density at radius 3 is 2.67 bits per heavy atom. The first kappa shape index (κ1) is 13.3. The highest BCUT2D eigenvalue weighted by molar-refractivity contribution is 6.06. The van der Waals surface area contributed by atoms with Crippen LogP contribution >= 0.6 is 0 Å². The molecule has 0 bridgehead atoms. The third kappa shape index (κ3) is 2.16. The highest BCUT2D eigenvalue weighted by Crippen LogP contribution is 2.29. The molecular weight excluding hydrogens is 268 g/mol. The quantitative estimate of drug-likeness (QED) is 0.578. The van der Waals surface area contributed by atoms with Crippen LogP contribution in [-0.2, 0) is 11.2 Å². The molecule has 2 heterocycles. The molecule has 0 atom stereocenters. The maximum absolute atomic E-state index is 11.7. The Morgan fingerprint density at radius 2 is 1.95 bits per heavy atom. The zero-order chi connectivity index (χ0) is 15.0. The van der Waals surface area contributed by atoms with E-state index in [2.05, 4.69) is 14.7 Å². The molecule has 1 N–H and O–H groups in total. The van der Waals surface area contributed by atoms with Crippen LogP contribution in [0.1, 0.15) is 23.1 Å². The number of carbonyl (C=O) groups excluding carboxylic acids is 1. The second-order valence-corrected chi connectivity index (χ2v) is 4.71. The Morgan fingerprint density at radius 1 is 1.19 bits per heavy atom. The smallest absolute Gasteiger partial charge is 0.356 e. The number of hydrogen-bond donors (Lipinski definition) is 1. The van der Waals surface area contributed by atoms with E-state index in [0.29, 0.717) is 16.4 Å². The van der Waals surface area contributed by atoms with Gasteiger partial charge in [0.15, 0.2) is 5.69 Å². The van der Waals surface area contributed by atoms with E-state index >= 15 is 0 Å². The molecule has 5 nitrogen and oxygen atoms in total. The van der Waals surface area contributed by atoms with Gasteiger partial charge in [0, 0.05) is 22.5 Å². The first-order chi connectivity index (χ1) is 10.1. The number of aromatic hydroxyl groups is 1. The molecule has 0 spiro atoms. The molecule has 0 aliphatic heterocycles. The maximum atomic E-state index is 11.7. The van der Waals surface area contributed by atoms with Crippen LogP contribution < -0.4 is 0 Å². The van der Waals surface area contributed by atoms with Gasteiger partial charge in [0.05, 0.1) is 12.6 Å². The fourth-order valence-electron chi connectivity index (χ4n) is 2.30. The standard InChI is InChI=1S/C16H14N2O3/c1-3-10-6-4-9-5-7-11-13(19)8-12(16(20)21-2)18-15(11)14(9)17-10/h4-8H,3H2,1-2H3,(H,18,19). The summed E-state index contributed by atoms with van der Waals surface area (Å²) < 4.78 is 4.66. The number of ether oxygens (including phenoxy) is 1. The highest BCUT2D eigenvalue weighted by atomic mass is 16.5. The van der Waals surface area contributed by atoms with Gasteiger partial charge >= 0.3 is 5.97 Å². The van der Waals surface area contributed by atoms with Crippen molar-refractivity contribution >= 4 is 27.8 Å². The molecule has 0 radical (unpaired) electrons. The van der Waals surface area contributed by atoms with Crippen molar-refractivity contribution in [3.63, 3.8) is 0 Å². The molecular formula is C16H14N2O3. The lowest BCUT2D eigenvalue weighted by atomic mass is 10.1. The van der Waals surface area contributed by atoms with Crippen LogP contribution in [-0.4, -0.2) is 28.2 Å². The van der Waals surface area contributed by atoms with Crippen molar-refractivity contribution in [2.75, 3.05) is 7.11 Å². The molecule has 0 aliphatic carbocycles. The first-order valence-electron chi connectivity index (χ1n) is 6.64. The zero-order valence-electron chi connectivity index (χ0n) is 11.8. The Hall–Kier alpha value is -2.69. The zero-order valence-corrected chi connectivity index (χ0v) is 11.8. The van der Waals surface area contributed by atoms with Crippen LogP contribution in [0.2, 0.25) is 0 Å². The molecule has 106 valence electrons. The Labute approximate surface area is 121 Å². The molecule has 0 unspecified atom stereocenters. The van der Waals surface area contributed by atoms with E-state index in [4.69, 9.17) is 0 Å². The van der Waals surface area contributed by atoms with E-state index in [0.717, 1.165) is 17.5 Å². The number of benzene rings is 1. The van der Waals surface area contributed by atoms with Crippen molar-refractivity contribution in [2.45, 2.75) is 13.3 Å². The van der Waals surface area contributed by atoms with Gasteiger partial charge in [-0.3, -0.25) is 4.98 Å². The summed E-state index contributed by atoms with van der Waals surface area (Å²) in [6.45, 7) is 2.02. The minimum atomic E-state index is -0.587. The van der Waals surface area contributed by atoms with Gasteiger partial charge in [0.2, 0.25) is 0 Å². The Kier molecular flexibility index (Phi) is 3.17. The van der Waals surface area contributed by atoms with Crippen molar-refractivity contribution in [1.29, 1.82) is 0 Å². The van der Waals surface area contributed by atoms with Crippen LogP contribution in [0.15, 0.2) is 30.3 Å². The fraction of sp³-hybridized carbons (Fsp3) is 0.188. The summed E-state index contributed by atoms with van der Waals surface area (Å²) in [6.07, 6.45) is 0.801. The van der Waals surface area contributed by atoms with Crippen LogP contribution in [0.4, 0.5) is 0 Å². The predicted molar refractivity (Wildman–Crippen MR) is 79.4 cm³/mol. The molecule has 21 heavy (non-hydrogen) atoms. The average molecular weight is 282 g/mol. The Balaban J connectivity index is 2.40. The number of nitrogens with zero attached hydrogens (tertiary/aromatic N) is 2. The van der Waals surface area contributed by atoms with Gasteiger partial charge in [-0.1, -0.05) is 19.1 Å². The highest BCUT2D eigenvalue weighted by Gasteiger charge is 2.14. The number of fused-ring (bicyclic) bond motifs is 3. The predicted octanol–water partition coefficient (Wildman–Crippen LogP) is 2.84. The van der Waals surface area contributed by atoms with Crippen molar-refractivity contribution < 1.29 is 14.6 Å². The van der Waals surface area contributed by atoms with Crippen molar-refractivity contribution in [3.8, 4) is 5.75 Å². The summed E-state index contributed by atoms with van der Waals surface area (Å²) in [7, 11) is 1.28. The van der Waals surface area contributed by atoms with Crippen LogP contribution in [0.5, 0.6) is 5.75 Å². The monoisotopic (exact) mass is 282 g/mol. The van der Waals surface area contributed by atoms with Gasteiger partial charge in [-0.15, -0.1) is 0 Å². The van der Waals surface area contributed by atoms with E-state index in [1.165, 1.54) is 13.2 Å². The van der Waals surface area contributed by atoms with Crippen molar-refractivity contribution in [2.24, 2.45) is 0 Å². The number of methoxy groups -OCH3 is 1. The number of esters is 1. The SMILES string of the molecule is CCc1ccc2ccc3c(O)cc(C(=O)OC)nc3c2n1. The largest absolute Gasteiger partial charge is 0.507 e. The molecule has 5 heteroatoms. The van der Waals surface area contributed by atoms with Crippen molar-refractivity contribution in [3.05, 3.63) is 41.7 Å². The molecule has 3 aromatic rings. The number of pyridine rings is 2. The number of carbonyl (C=O) groups is 1. The van der Waals surface area contributed by atoms with Gasteiger partial charge in [0.25, 0.3) is 0 Å². The van der Waals surface area contributed by atoms with E-state index in [9.17, 15) is 9.90 Å². The van der Waals surface area contributed by atoms with E-state index in [1.54, 1.807) is 6.07 Å². The van der Waals surface area contributed by atoms with Gasteiger partial charge in [-0.2, -0.15) is 0 Å². The summed E-state index contributed by atoms with van der Waals surface area (Å²) >= 11 is 0. The number of aromatic nitrogens is 2. The van der Waals surface area contributed by atoms with E-state index in [-0.39, 0.29) is 11.4 Å². The summed E-state index contributed by atoms with van der Waals surface area (Å²) in [4.78, 5) is 20.5. The molecule has 0 saturated carbocycles. The fourth-order valence-corrected chi connectivity index (χ4v) is 2.30. The van der Waals surface area contributed by atoms with E-state index < -0.39 is 5.97 Å². The molecule has 3 rings (SSSR count). The number of rotatable bonds is 2. The minimum Gasteiger partial charge on any atom is -0.507 e. The Bertz CT molecular complexity index is 859. The molecule has 0 aliphatic rings. The maximum Gasteiger partial charge on any atom is 0.356 e. The van der Waals surface area contributed by atoms with Gasteiger partial charge < -0.3 is 9.84 Å². The second kappa shape index (κ2) is 5.01. The third-order valence-corrected chi connectivity index (χ3v) is 3.43.